The van der Waals surface area contributed by atoms with Crippen molar-refractivity contribution in [3.63, 3.8) is 0 Å². The first-order chi connectivity index (χ1) is 14.0. The van der Waals surface area contributed by atoms with E-state index in [9.17, 15) is 14.4 Å². The summed E-state index contributed by atoms with van der Waals surface area (Å²) in [7, 11) is 1.56. The van der Waals surface area contributed by atoms with Gasteiger partial charge in [-0.15, -0.1) is 11.8 Å². The summed E-state index contributed by atoms with van der Waals surface area (Å²) in [6.45, 7) is 2.23. The molecule has 3 amide bonds. The molecule has 29 heavy (non-hydrogen) atoms. The Labute approximate surface area is 173 Å². The second-order valence-electron chi connectivity index (χ2n) is 6.76. The number of carbonyl (C=O) groups excluding carboxylic acids is 3. The first-order valence-electron chi connectivity index (χ1n) is 9.43. The summed E-state index contributed by atoms with van der Waals surface area (Å²) in [5.74, 6) is 0.516. The number of aryl methyl sites for hydroxylation is 1. The monoisotopic (exact) mass is 416 g/mol. The number of thioether (sulfide) groups is 1. The standard InChI is InChI=1S/C20H24N4O4S/c1-13-10-14(28-23-13)12-29-17-8-4-3-6-15(17)19(26)22-11-18(25)24-9-5-7-16(24)20(27)21-2/h3-4,6,8,10,16H,5,7,9,11-12H2,1-2H3,(H,21,27)(H,22,26). The van der Waals surface area contributed by atoms with Gasteiger partial charge in [0.2, 0.25) is 11.8 Å². The molecule has 1 aliphatic heterocycles. The number of aromatic nitrogens is 1. The number of nitrogens with one attached hydrogen (secondary N) is 2. The van der Waals surface area contributed by atoms with Gasteiger partial charge in [0.1, 0.15) is 11.8 Å². The molecule has 2 heterocycles. The Bertz CT molecular complexity index is 898. The largest absolute Gasteiger partial charge is 0.360 e. The van der Waals surface area contributed by atoms with E-state index in [2.05, 4.69) is 15.8 Å². The van der Waals surface area contributed by atoms with Crippen LogP contribution in [0.1, 0.15) is 34.7 Å². The fraction of sp³-hybridized carbons (Fsp3) is 0.400. The van der Waals surface area contributed by atoms with E-state index in [4.69, 9.17) is 4.52 Å². The number of hydrogen-bond donors (Lipinski definition) is 2. The lowest BCUT2D eigenvalue weighted by Crippen LogP contribution is -2.48. The molecule has 1 aromatic heterocycles. The van der Waals surface area contributed by atoms with E-state index in [0.717, 1.165) is 22.8 Å². The third kappa shape index (κ3) is 5.17. The molecule has 0 bridgehead atoms. The van der Waals surface area contributed by atoms with Gasteiger partial charge in [-0.2, -0.15) is 0 Å². The molecule has 0 spiro atoms. The van der Waals surface area contributed by atoms with Crippen molar-refractivity contribution in [2.75, 3.05) is 20.1 Å². The molecule has 9 heteroatoms. The Hall–Kier alpha value is -2.81. The Morgan fingerprint density at radius 1 is 1.31 bits per heavy atom. The second kappa shape index (κ2) is 9.60. The molecule has 154 valence electrons. The summed E-state index contributed by atoms with van der Waals surface area (Å²) < 4.78 is 5.21. The van der Waals surface area contributed by atoms with Crippen LogP contribution in [0.4, 0.5) is 0 Å². The van der Waals surface area contributed by atoms with Gasteiger partial charge >= 0.3 is 0 Å². The molecule has 8 nitrogen and oxygen atoms in total. The third-order valence-electron chi connectivity index (χ3n) is 4.70. The number of benzene rings is 1. The topological polar surface area (TPSA) is 105 Å². The van der Waals surface area contributed by atoms with E-state index in [-0.39, 0.29) is 24.3 Å². The van der Waals surface area contributed by atoms with Crippen LogP contribution in [-0.4, -0.2) is 54.0 Å². The average Bonchev–Trinajstić information content (AvgIpc) is 3.39. The van der Waals surface area contributed by atoms with Crippen molar-refractivity contribution >= 4 is 29.5 Å². The van der Waals surface area contributed by atoms with Gasteiger partial charge in [-0.05, 0) is 31.9 Å². The van der Waals surface area contributed by atoms with Crippen LogP contribution in [-0.2, 0) is 15.3 Å². The maximum atomic E-state index is 12.7. The zero-order valence-corrected chi connectivity index (χ0v) is 17.3. The Morgan fingerprint density at radius 2 is 2.10 bits per heavy atom. The van der Waals surface area contributed by atoms with Crippen molar-refractivity contribution < 1.29 is 18.9 Å². The number of amides is 3. The van der Waals surface area contributed by atoms with Gasteiger partial charge in [-0.3, -0.25) is 14.4 Å². The van der Waals surface area contributed by atoms with Crippen molar-refractivity contribution in [3.8, 4) is 0 Å². The molecule has 0 aliphatic carbocycles. The summed E-state index contributed by atoms with van der Waals surface area (Å²) in [5.41, 5.74) is 1.30. The van der Waals surface area contributed by atoms with Gasteiger partial charge in [0.15, 0.2) is 0 Å². The first-order valence-corrected chi connectivity index (χ1v) is 10.4. The van der Waals surface area contributed by atoms with Crippen LogP contribution in [0.25, 0.3) is 0 Å². The quantitative estimate of drug-likeness (QED) is 0.667. The average molecular weight is 417 g/mol. The highest BCUT2D eigenvalue weighted by atomic mass is 32.2. The van der Waals surface area contributed by atoms with E-state index in [0.29, 0.717) is 24.3 Å². The van der Waals surface area contributed by atoms with Crippen LogP contribution in [0.15, 0.2) is 39.8 Å². The van der Waals surface area contributed by atoms with Gasteiger partial charge in [0.25, 0.3) is 5.91 Å². The van der Waals surface area contributed by atoms with Crippen LogP contribution in [0.3, 0.4) is 0 Å². The molecule has 2 N–H and O–H groups in total. The predicted octanol–water partition coefficient (Wildman–Crippen LogP) is 1.74. The highest BCUT2D eigenvalue weighted by molar-refractivity contribution is 7.98. The van der Waals surface area contributed by atoms with Crippen LogP contribution in [0.5, 0.6) is 0 Å². The number of rotatable bonds is 7. The summed E-state index contributed by atoms with van der Waals surface area (Å²) in [5, 5.41) is 9.13. The van der Waals surface area contributed by atoms with Gasteiger partial charge < -0.3 is 20.1 Å². The van der Waals surface area contributed by atoms with Crippen LogP contribution in [0, 0.1) is 6.92 Å². The third-order valence-corrected chi connectivity index (χ3v) is 5.80. The summed E-state index contributed by atoms with van der Waals surface area (Å²) in [6.07, 6.45) is 1.41. The van der Waals surface area contributed by atoms with Crippen molar-refractivity contribution in [1.29, 1.82) is 0 Å². The van der Waals surface area contributed by atoms with Crippen LogP contribution in [0.2, 0.25) is 0 Å². The Kier molecular flexibility index (Phi) is 6.92. The predicted molar refractivity (Wildman–Crippen MR) is 108 cm³/mol. The van der Waals surface area contributed by atoms with Crippen molar-refractivity contribution in [2.45, 2.75) is 36.5 Å². The van der Waals surface area contributed by atoms with Crippen LogP contribution >= 0.6 is 11.8 Å². The molecule has 2 aromatic rings. The number of hydrogen-bond acceptors (Lipinski definition) is 6. The fourth-order valence-electron chi connectivity index (χ4n) is 3.27. The van der Waals surface area contributed by atoms with Crippen molar-refractivity contribution in [3.05, 3.63) is 47.3 Å². The fourth-order valence-corrected chi connectivity index (χ4v) is 4.20. The second-order valence-corrected chi connectivity index (χ2v) is 7.78. The molecule has 1 atom stereocenters. The molecule has 1 aliphatic rings. The number of likely N-dealkylation sites (N-methyl/N-ethyl adjacent to an activating group) is 1. The van der Waals surface area contributed by atoms with E-state index < -0.39 is 6.04 Å². The minimum Gasteiger partial charge on any atom is -0.360 e. The minimum atomic E-state index is -0.461. The minimum absolute atomic E-state index is 0.146. The van der Waals surface area contributed by atoms with E-state index in [1.807, 2.05) is 25.1 Å². The maximum Gasteiger partial charge on any atom is 0.252 e. The first kappa shape index (κ1) is 20.9. The van der Waals surface area contributed by atoms with Crippen molar-refractivity contribution in [1.82, 2.24) is 20.7 Å². The zero-order valence-electron chi connectivity index (χ0n) is 16.4. The highest BCUT2D eigenvalue weighted by Crippen LogP contribution is 2.26. The molecule has 1 aromatic carbocycles. The normalized spacial score (nSPS) is 15.9. The lowest BCUT2D eigenvalue weighted by molar-refractivity contribution is -0.137. The SMILES string of the molecule is CNC(=O)C1CCCN1C(=O)CNC(=O)c1ccccc1SCc1cc(C)no1. The molecule has 1 unspecified atom stereocenters. The van der Waals surface area contributed by atoms with Gasteiger partial charge in [-0.1, -0.05) is 17.3 Å². The highest BCUT2D eigenvalue weighted by Gasteiger charge is 2.33. The lowest BCUT2D eigenvalue weighted by atomic mass is 10.2. The molecule has 0 saturated carbocycles. The maximum absolute atomic E-state index is 12.7. The molecule has 1 saturated heterocycles. The number of carbonyl (C=O) groups is 3. The van der Waals surface area contributed by atoms with E-state index >= 15 is 0 Å². The number of likely N-dealkylation sites (tertiary alicyclic amines) is 1. The van der Waals surface area contributed by atoms with Crippen molar-refractivity contribution in [2.24, 2.45) is 0 Å². The Balaban J connectivity index is 1.59. The van der Waals surface area contributed by atoms with E-state index in [1.165, 1.54) is 16.7 Å². The van der Waals surface area contributed by atoms with Crippen LogP contribution < -0.4 is 10.6 Å². The smallest absolute Gasteiger partial charge is 0.252 e. The summed E-state index contributed by atoms with van der Waals surface area (Å²) in [6, 6.07) is 8.60. The molecule has 3 rings (SSSR count). The molecular weight excluding hydrogens is 392 g/mol. The van der Waals surface area contributed by atoms with Gasteiger partial charge in [0, 0.05) is 24.6 Å². The van der Waals surface area contributed by atoms with E-state index in [1.54, 1.807) is 19.2 Å². The summed E-state index contributed by atoms with van der Waals surface area (Å²) >= 11 is 1.47. The molecule has 0 radical (unpaired) electrons. The molecule has 1 fully saturated rings. The van der Waals surface area contributed by atoms with Gasteiger partial charge in [-0.25, -0.2) is 0 Å². The van der Waals surface area contributed by atoms with Gasteiger partial charge in [0.05, 0.1) is 23.6 Å². The zero-order chi connectivity index (χ0) is 20.8. The summed E-state index contributed by atoms with van der Waals surface area (Å²) in [4.78, 5) is 39.4. The lowest BCUT2D eigenvalue weighted by Gasteiger charge is -2.23. The Morgan fingerprint density at radius 3 is 2.83 bits per heavy atom. The molecular formula is C20H24N4O4S. The number of nitrogens with zero attached hydrogens (tertiary/aromatic N) is 2.